The van der Waals surface area contributed by atoms with Crippen molar-refractivity contribution in [2.45, 2.75) is 18.8 Å². The van der Waals surface area contributed by atoms with Crippen LogP contribution in [0, 0.1) is 0 Å². The molecular weight excluding hydrogens is 266 g/mol. The van der Waals surface area contributed by atoms with E-state index in [4.69, 9.17) is 0 Å². The van der Waals surface area contributed by atoms with E-state index in [1.54, 1.807) is 22.6 Å². The van der Waals surface area contributed by atoms with Gasteiger partial charge in [0.25, 0.3) is 0 Å². The Labute approximate surface area is 110 Å². The average Bonchev–Trinajstić information content (AvgIpc) is 2.81. The van der Waals surface area contributed by atoms with Crippen LogP contribution in [-0.4, -0.2) is 40.8 Å². The molecule has 6 nitrogen and oxygen atoms in total. The standard InChI is InChI=1S/C12H13N3O3S/c16-7-10-4-1-5-11-13-14-12(15(10)11)9-3-2-6-19(17,18)8-9/h1,4-5,7,9H,2-3,6,8H2. The third kappa shape index (κ3) is 2.14. The molecule has 0 spiro atoms. The summed E-state index contributed by atoms with van der Waals surface area (Å²) >= 11 is 0. The van der Waals surface area contributed by atoms with Crippen LogP contribution >= 0.6 is 0 Å². The van der Waals surface area contributed by atoms with Crippen LogP contribution in [-0.2, 0) is 9.84 Å². The smallest absolute Gasteiger partial charge is 0.166 e. The average molecular weight is 279 g/mol. The molecule has 2 aromatic heterocycles. The topological polar surface area (TPSA) is 81.4 Å². The maximum absolute atomic E-state index is 11.7. The second-order valence-electron chi connectivity index (χ2n) is 4.77. The van der Waals surface area contributed by atoms with E-state index in [0.29, 0.717) is 23.6 Å². The Balaban J connectivity index is 2.13. The molecule has 0 aromatic carbocycles. The molecular formula is C12H13N3O3S. The van der Waals surface area contributed by atoms with Crippen molar-refractivity contribution < 1.29 is 13.2 Å². The van der Waals surface area contributed by atoms with Gasteiger partial charge in [0.15, 0.2) is 21.8 Å². The molecule has 0 saturated carbocycles. The summed E-state index contributed by atoms with van der Waals surface area (Å²) in [4.78, 5) is 11.1. The van der Waals surface area contributed by atoms with E-state index < -0.39 is 9.84 Å². The van der Waals surface area contributed by atoms with Crippen molar-refractivity contribution in [1.29, 1.82) is 0 Å². The number of pyridine rings is 1. The molecule has 1 unspecified atom stereocenters. The zero-order valence-electron chi connectivity index (χ0n) is 10.2. The van der Waals surface area contributed by atoms with Gasteiger partial charge in [0.1, 0.15) is 5.82 Å². The van der Waals surface area contributed by atoms with E-state index in [2.05, 4.69) is 10.2 Å². The predicted octanol–water partition coefficient (Wildman–Crippen LogP) is 0.834. The van der Waals surface area contributed by atoms with Crippen LogP contribution in [0.15, 0.2) is 18.2 Å². The fourth-order valence-corrected chi connectivity index (χ4v) is 4.27. The summed E-state index contributed by atoms with van der Waals surface area (Å²) < 4.78 is 25.1. The molecule has 1 saturated heterocycles. The molecule has 1 aliphatic heterocycles. The highest BCUT2D eigenvalue weighted by atomic mass is 32.2. The van der Waals surface area contributed by atoms with E-state index in [1.165, 1.54) is 0 Å². The van der Waals surface area contributed by atoms with Crippen molar-refractivity contribution in [1.82, 2.24) is 14.6 Å². The first-order valence-corrected chi connectivity index (χ1v) is 7.92. The fraction of sp³-hybridized carbons (Fsp3) is 0.417. The molecule has 0 bridgehead atoms. The molecule has 0 aliphatic carbocycles. The summed E-state index contributed by atoms with van der Waals surface area (Å²) in [7, 11) is -3.02. The first-order valence-electron chi connectivity index (χ1n) is 6.10. The maximum Gasteiger partial charge on any atom is 0.166 e. The van der Waals surface area contributed by atoms with Crippen LogP contribution in [0.2, 0.25) is 0 Å². The fourth-order valence-electron chi connectivity index (χ4n) is 2.57. The lowest BCUT2D eigenvalue weighted by molar-refractivity contribution is 0.111. The van der Waals surface area contributed by atoms with Gasteiger partial charge in [-0.25, -0.2) is 8.42 Å². The van der Waals surface area contributed by atoms with Crippen LogP contribution in [0.5, 0.6) is 0 Å². The van der Waals surface area contributed by atoms with Crippen LogP contribution < -0.4 is 0 Å². The van der Waals surface area contributed by atoms with E-state index in [0.717, 1.165) is 12.7 Å². The normalized spacial score (nSPS) is 22.4. The molecule has 2 aromatic rings. The SMILES string of the molecule is O=Cc1cccc2nnc(C3CCCS(=O)(=O)C3)n12. The quantitative estimate of drug-likeness (QED) is 0.761. The molecule has 0 radical (unpaired) electrons. The summed E-state index contributed by atoms with van der Waals surface area (Å²) in [6.07, 6.45) is 2.12. The largest absolute Gasteiger partial charge is 0.296 e. The van der Waals surface area contributed by atoms with Gasteiger partial charge in [0, 0.05) is 5.92 Å². The lowest BCUT2D eigenvalue weighted by atomic mass is 10.0. The second-order valence-corrected chi connectivity index (χ2v) is 7.00. The number of aldehydes is 1. The minimum atomic E-state index is -3.02. The predicted molar refractivity (Wildman–Crippen MR) is 69.0 cm³/mol. The highest BCUT2D eigenvalue weighted by Crippen LogP contribution is 2.27. The number of sulfone groups is 1. The molecule has 100 valence electrons. The number of hydrogen-bond donors (Lipinski definition) is 0. The Bertz CT molecular complexity index is 736. The van der Waals surface area contributed by atoms with Gasteiger partial charge in [-0.3, -0.25) is 9.20 Å². The summed E-state index contributed by atoms with van der Waals surface area (Å²) in [6.45, 7) is 0. The van der Waals surface area contributed by atoms with Gasteiger partial charge >= 0.3 is 0 Å². The van der Waals surface area contributed by atoms with Gasteiger partial charge in [-0.1, -0.05) is 6.07 Å². The van der Waals surface area contributed by atoms with Crippen LogP contribution in [0.3, 0.4) is 0 Å². The van der Waals surface area contributed by atoms with Crippen molar-refractivity contribution in [3.05, 3.63) is 29.7 Å². The number of rotatable bonds is 2. The number of nitrogens with zero attached hydrogens (tertiary/aromatic N) is 3. The van der Waals surface area contributed by atoms with Gasteiger partial charge in [-0.2, -0.15) is 0 Å². The van der Waals surface area contributed by atoms with E-state index in [9.17, 15) is 13.2 Å². The second kappa shape index (κ2) is 4.41. The third-order valence-electron chi connectivity index (χ3n) is 3.43. The van der Waals surface area contributed by atoms with Gasteiger partial charge in [-0.15, -0.1) is 10.2 Å². The number of fused-ring (bicyclic) bond motifs is 1. The molecule has 3 heterocycles. The Morgan fingerprint density at radius 3 is 2.89 bits per heavy atom. The van der Waals surface area contributed by atoms with E-state index in [-0.39, 0.29) is 17.4 Å². The maximum atomic E-state index is 11.7. The van der Waals surface area contributed by atoms with Crippen molar-refractivity contribution in [2.24, 2.45) is 0 Å². The van der Waals surface area contributed by atoms with Gasteiger partial charge in [0.2, 0.25) is 0 Å². The highest BCUT2D eigenvalue weighted by molar-refractivity contribution is 7.91. The zero-order valence-corrected chi connectivity index (χ0v) is 11.0. The summed E-state index contributed by atoms with van der Waals surface area (Å²) in [5, 5.41) is 8.09. The molecule has 1 atom stereocenters. The molecule has 1 fully saturated rings. The lowest BCUT2D eigenvalue weighted by Gasteiger charge is -2.20. The highest BCUT2D eigenvalue weighted by Gasteiger charge is 2.29. The first kappa shape index (κ1) is 12.3. The molecule has 0 amide bonds. The molecule has 19 heavy (non-hydrogen) atoms. The van der Waals surface area contributed by atoms with Gasteiger partial charge in [0.05, 0.1) is 17.2 Å². The number of hydrogen-bond acceptors (Lipinski definition) is 5. The lowest BCUT2D eigenvalue weighted by Crippen LogP contribution is -2.25. The molecule has 1 aliphatic rings. The van der Waals surface area contributed by atoms with Crippen molar-refractivity contribution >= 4 is 21.8 Å². The Morgan fingerprint density at radius 2 is 2.16 bits per heavy atom. The minimum Gasteiger partial charge on any atom is -0.296 e. The summed E-state index contributed by atoms with van der Waals surface area (Å²) in [5.74, 6) is 0.706. The number of carbonyl (C=O) groups is 1. The molecule has 0 N–H and O–H groups in total. The third-order valence-corrected chi connectivity index (χ3v) is 5.25. The van der Waals surface area contributed by atoms with E-state index >= 15 is 0 Å². The number of aromatic nitrogens is 3. The Hall–Kier alpha value is -1.76. The van der Waals surface area contributed by atoms with Crippen molar-refractivity contribution in [3.8, 4) is 0 Å². The first-order chi connectivity index (χ1) is 9.11. The Morgan fingerprint density at radius 1 is 1.32 bits per heavy atom. The molecule has 7 heteroatoms. The van der Waals surface area contributed by atoms with Crippen LogP contribution in [0.25, 0.3) is 5.65 Å². The molecule has 3 rings (SSSR count). The summed E-state index contributed by atoms with van der Waals surface area (Å²) in [6, 6.07) is 5.15. The van der Waals surface area contributed by atoms with Crippen LogP contribution in [0.1, 0.15) is 35.1 Å². The van der Waals surface area contributed by atoms with Crippen molar-refractivity contribution in [3.63, 3.8) is 0 Å². The Kier molecular flexibility index (Phi) is 2.85. The van der Waals surface area contributed by atoms with Crippen molar-refractivity contribution in [2.75, 3.05) is 11.5 Å². The van der Waals surface area contributed by atoms with E-state index in [1.807, 2.05) is 0 Å². The van der Waals surface area contributed by atoms with Gasteiger partial charge < -0.3 is 0 Å². The summed E-state index contributed by atoms with van der Waals surface area (Å²) in [5.41, 5.74) is 1.02. The van der Waals surface area contributed by atoms with Crippen LogP contribution in [0.4, 0.5) is 0 Å². The zero-order chi connectivity index (χ0) is 13.5. The number of carbonyl (C=O) groups excluding carboxylic acids is 1. The van der Waals surface area contributed by atoms with Gasteiger partial charge in [-0.05, 0) is 25.0 Å². The minimum absolute atomic E-state index is 0.0843. The monoisotopic (exact) mass is 279 g/mol.